The molecule has 0 aliphatic rings. The maximum Gasteiger partial charge on any atom is 0.288 e. The van der Waals surface area contributed by atoms with Gasteiger partial charge in [-0.05, 0) is 24.3 Å². The molecule has 2 aromatic heterocycles. The number of nitro groups is 1. The molecule has 0 bridgehead atoms. The zero-order valence-corrected chi connectivity index (χ0v) is 14.3. The van der Waals surface area contributed by atoms with Gasteiger partial charge in [0.1, 0.15) is 10.0 Å². The molecule has 25 heavy (non-hydrogen) atoms. The van der Waals surface area contributed by atoms with Crippen LogP contribution in [0, 0.1) is 10.1 Å². The number of carbonyl (C=O) groups excluding carboxylic acids is 1. The third kappa shape index (κ3) is 3.98. The van der Waals surface area contributed by atoms with Crippen molar-refractivity contribution < 1.29 is 9.72 Å². The van der Waals surface area contributed by atoms with Crippen LogP contribution in [0.2, 0.25) is 5.02 Å². The second-order valence-corrected chi connectivity index (χ2v) is 6.26. The Kier molecular flexibility index (Phi) is 5.01. The number of amides is 1. The van der Waals surface area contributed by atoms with Crippen LogP contribution in [0.25, 0.3) is 10.6 Å². The number of nitrogens with one attached hydrogen (secondary N) is 1. The van der Waals surface area contributed by atoms with Crippen LogP contribution in [-0.4, -0.2) is 20.8 Å². The van der Waals surface area contributed by atoms with E-state index in [0.717, 1.165) is 16.6 Å². The number of halogens is 1. The monoisotopic (exact) mass is 374 g/mol. The van der Waals surface area contributed by atoms with E-state index in [-0.39, 0.29) is 22.8 Å². The van der Waals surface area contributed by atoms with Gasteiger partial charge in [0.2, 0.25) is 0 Å². The van der Waals surface area contributed by atoms with Crippen LogP contribution in [0.1, 0.15) is 16.1 Å². The van der Waals surface area contributed by atoms with E-state index in [1.807, 2.05) is 17.5 Å². The van der Waals surface area contributed by atoms with Crippen molar-refractivity contribution in [2.24, 2.45) is 0 Å². The van der Waals surface area contributed by atoms with E-state index in [1.54, 1.807) is 12.4 Å². The minimum Gasteiger partial charge on any atom is -0.346 e. The highest BCUT2D eigenvalue weighted by Gasteiger charge is 2.16. The van der Waals surface area contributed by atoms with Crippen molar-refractivity contribution in [3.05, 3.63) is 74.5 Å². The Labute approximate surface area is 151 Å². The third-order valence-electron chi connectivity index (χ3n) is 3.30. The largest absolute Gasteiger partial charge is 0.346 e. The number of hydrogen-bond donors (Lipinski definition) is 1. The maximum absolute atomic E-state index is 12.2. The van der Waals surface area contributed by atoms with E-state index >= 15 is 0 Å². The number of nitro benzene ring substituents is 1. The molecule has 1 amide bonds. The standard InChI is InChI=1S/C16H11ClN4O3S/c17-13-4-3-10(6-14(13)21(23)24)15(22)19-8-12-9-25-16(20-12)11-2-1-5-18-7-11/h1-7,9H,8H2,(H,19,22). The number of nitrogens with zero attached hydrogens (tertiary/aromatic N) is 3. The molecule has 3 aromatic rings. The van der Waals surface area contributed by atoms with Crippen LogP contribution in [0.3, 0.4) is 0 Å². The number of thiazole rings is 1. The van der Waals surface area contributed by atoms with Crippen LogP contribution in [0.4, 0.5) is 5.69 Å². The summed E-state index contributed by atoms with van der Waals surface area (Å²) in [5.41, 5.74) is 1.46. The first kappa shape index (κ1) is 17.0. The van der Waals surface area contributed by atoms with E-state index < -0.39 is 10.8 Å². The maximum atomic E-state index is 12.2. The number of benzene rings is 1. The molecule has 126 valence electrons. The molecular formula is C16H11ClN4O3S. The smallest absolute Gasteiger partial charge is 0.288 e. The molecule has 0 atom stereocenters. The first-order valence-electron chi connectivity index (χ1n) is 7.11. The summed E-state index contributed by atoms with van der Waals surface area (Å²) in [6.45, 7) is 0.214. The lowest BCUT2D eigenvalue weighted by Crippen LogP contribution is -2.23. The average molecular weight is 375 g/mol. The van der Waals surface area contributed by atoms with Crippen molar-refractivity contribution in [2.75, 3.05) is 0 Å². The van der Waals surface area contributed by atoms with Gasteiger partial charge in [-0.15, -0.1) is 11.3 Å². The van der Waals surface area contributed by atoms with E-state index in [2.05, 4.69) is 15.3 Å². The first-order valence-corrected chi connectivity index (χ1v) is 8.37. The normalized spacial score (nSPS) is 10.4. The zero-order valence-electron chi connectivity index (χ0n) is 12.7. The summed E-state index contributed by atoms with van der Waals surface area (Å²) in [6.07, 6.45) is 3.40. The summed E-state index contributed by atoms with van der Waals surface area (Å²) in [4.78, 5) is 30.9. The molecule has 1 aromatic carbocycles. The van der Waals surface area contributed by atoms with Gasteiger partial charge >= 0.3 is 0 Å². The van der Waals surface area contributed by atoms with Gasteiger partial charge in [-0.3, -0.25) is 19.9 Å². The molecule has 0 unspecified atom stereocenters. The number of hydrogen-bond acceptors (Lipinski definition) is 6. The van der Waals surface area contributed by atoms with Crippen LogP contribution in [-0.2, 0) is 6.54 Å². The first-order chi connectivity index (χ1) is 12.0. The fourth-order valence-corrected chi connectivity index (χ4v) is 3.07. The Bertz CT molecular complexity index is 930. The summed E-state index contributed by atoms with van der Waals surface area (Å²) in [7, 11) is 0. The SMILES string of the molecule is O=C(NCc1csc(-c2cccnc2)n1)c1ccc(Cl)c([N+](=O)[O-])c1. The molecule has 3 rings (SSSR count). The van der Waals surface area contributed by atoms with Gasteiger partial charge in [-0.2, -0.15) is 0 Å². The topological polar surface area (TPSA) is 98.0 Å². The molecule has 0 fully saturated rings. The number of pyridine rings is 1. The predicted molar refractivity (Wildman–Crippen MR) is 94.6 cm³/mol. The lowest BCUT2D eigenvalue weighted by atomic mass is 10.2. The summed E-state index contributed by atoms with van der Waals surface area (Å²) in [6, 6.07) is 7.65. The van der Waals surface area contributed by atoms with E-state index in [9.17, 15) is 14.9 Å². The Balaban J connectivity index is 1.68. The van der Waals surface area contributed by atoms with Crippen molar-refractivity contribution in [1.82, 2.24) is 15.3 Å². The molecule has 0 saturated carbocycles. The highest BCUT2D eigenvalue weighted by atomic mass is 35.5. The molecule has 7 nitrogen and oxygen atoms in total. The van der Waals surface area contributed by atoms with Gasteiger partial charge in [0.15, 0.2) is 0 Å². The van der Waals surface area contributed by atoms with Gasteiger partial charge < -0.3 is 5.32 Å². The minimum absolute atomic E-state index is 0.0119. The van der Waals surface area contributed by atoms with Gasteiger partial charge in [-0.1, -0.05) is 11.6 Å². The fraction of sp³-hybridized carbons (Fsp3) is 0.0625. The van der Waals surface area contributed by atoms with Gasteiger partial charge in [0, 0.05) is 35.0 Å². The summed E-state index contributed by atoms with van der Waals surface area (Å²) < 4.78 is 0. The van der Waals surface area contributed by atoms with Crippen molar-refractivity contribution in [2.45, 2.75) is 6.54 Å². The molecule has 0 saturated heterocycles. The average Bonchev–Trinajstić information content (AvgIpc) is 3.09. The summed E-state index contributed by atoms with van der Waals surface area (Å²) in [5, 5.41) is 16.2. The Hall–Kier alpha value is -2.84. The second kappa shape index (κ2) is 7.37. The van der Waals surface area contributed by atoms with E-state index in [1.165, 1.54) is 23.5 Å². The van der Waals surface area contributed by atoms with Crippen molar-refractivity contribution >= 4 is 34.5 Å². The van der Waals surface area contributed by atoms with Gasteiger partial charge in [0.25, 0.3) is 11.6 Å². The number of carbonyl (C=O) groups is 1. The second-order valence-electron chi connectivity index (χ2n) is 4.99. The molecule has 1 N–H and O–H groups in total. The molecule has 0 aliphatic carbocycles. The van der Waals surface area contributed by atoms with E-state index in [0.29, 0.717) is 5.69 Å². The van der Waals surface area contributed by atoms with Gasteiger partial charge in [-0.25, -0.2) is 4.98 Å². The van der Waals surface area contributed by atoms with Crippen LogP contribution < -0.4 is 5.32 Å². The number of aromatic nitrogens is 2. The highest BCUT2D eigenvalue weighted by Crippen LogP contribution is 2.25. The predicted octanol–water partition coefficient (Wildman–Crippen LogP) is 3.70. The lowest BCUT2D eigenvalue weighted by Gasteiger charge is -2.04. The van der Waals surface area contributed by atoms with Crippen molar-refractivity contribution in [3.8, 4) is 10.6 Å². The summed E-state index contributed by atoms with van der Waals surface area (Å²) >= 11 is 7.19. The Morgan fingerprint density at radius 1 is 1.36 bits per heavy atom. The molecule has 0 spiro atoms. The molecule has 0 radical (unpaired) electrons. The Morgan fingerprint density at radius 3 is 2.92 bits per heavy atom. The highest BCUT2D eigenvalue weighted by molar-refractivity contribution is 7.13. The van der Waals surface area contributed by atoms with E-state index in [4.69, 9.17) is 11.6 Å². The minimum atomic E-state index is -0.625. The summed E-state index contributed by atoms with van der Waals surface area (Å²) in [5.74, 6) is -0.435. The lowest BCUT2D eigenvalue weighted by molar-refractivity contribution is -0.384. The molecule has 2 heterocycles. The van der Waals surface area contributed by atoms with Gasteiger partial charge in [0.05, 0.1) is 17.2 Å². The quantitative estimate of drug-likeness (QED) is 0.542. The Morgan fingerprint density at radius 2 is 2.20 bits per heavy atom. The van der Waals surface area contributed by atoms with Crippen LogP contribution in [0.15, 0.2) is 48.1 Å². The zero-order chi connectivity index (χ0) is 17.8. The molecule has 9 heteroatoms. The molecular weight excluding hydrogens is 364 g/mol. The van der Waals surface area contributed by atoms with Crippen LogP contribution in [0.5, 0.6) is 0 Å². The third-order valence-corrected chi connectivity index (χ3v) is 4.56. The fourth-order valence-electron chi connectivity index (χ4n) is 2.08. The van der Waals surface area contributed by atoms with Crippen LogP contribution >= 0.6 is 22.9 Å². The number of rotatable bonds is 5. The molecule has 0 aliphatic heterocycles. The van der Waals surface area contributed by atoms with Crippen molar-refractivity contribution in [3.63, 3.8) is 0 Å². The van der Waals surface area contributed by atoms with Crippen molar-refractivity contribution in [1.29, 1.82) is 0 Å².